The van der Waals surface area contributed by atoms with Crippen molar-refractivity contribution in [2.75, 3.05) is 6.61 Å². The summed E-state index contributed by atoms with van der Waals surface area (Å²) in [6.07, 6.45) is 0. The number of hydrogen-bond donors (Lipinski definition) is 0. The van der Waals surface area contributed by atoms with Crippen LogP contribution < -0.4 is 4.74 Å². The predicted molar refractivity (Wildman–Crippen MR) is 56.4 cm³/mol. The molecule has 0 fully saturated rings. The molecule has 1 radical (unpaired) electrons. The quantitative estimate of drug-likeness (QED) is 0.719. The number of hydrogen-bond acceptors (Lipinski definition) is 1. The number of halogens is 1. The Morgan fingerprint density at radius 3 is 2.69 bits per heavy atom. The van der Waals surface area contributed by atoms with Gasteiger partial charge in [-0.1, -0.05) is 18.5 Å². The minimum Gasteiger partial charge on any atom is -0.494 e. The molecule has 0 N–H and O–H groups in total. The molecular formula is C11H14ClO. The van der Waals surface area contributed by atoms with Crippen molar-refractivity contribution in [1.29, 1.82) is 0 Å². The van der Waals surface area contributed by atoms with E-state index in [1.165, 1.54) is 0 Å². The van der Waals surface area contributed by atoms with Crippen LogP contribution in [-0.4, -0.2) is 6.61 Å². The average molecular weight is 198 g/mol. The smallest absolute Gasteiger partial charge is 0.121 e. The van der Waals surface area contributed by atoms with Crippen LogP contribution in [0.3, 0.4) is 0 Å². The molecule has 0 amide bonds. The molecule has 0 heterocycles. The maximum Gasteiger partial charge on any atom is 0.121 e. The van der Waals surface area contributed by atoms with E-state index >= 15 is 0 Å². The van der Waals surface area contributed by atoms with Gasteiger partial charge in [-0.2, -0.15) is 0 Å². The zero-order chi connectivity index (χ0) is 9.84. The lowest BCUT2D eigenvalue weighted by molar-refractivity contribution is 0.340. The van der Waals surface area contributed by atoms with E-state index in [1.807, 2.05) is 32.0 Å². The summed E-state index contributed by atoms with van der Waals surface area (Å²) in [5.41, 5.74) is 1.11. The summed E-state index contributed by atoms with van der Waals surface area (Å²) in [5, 5.41) is 0.705. The van der Waals surface area contributed by atoms with Crippen molar-refractivity contribution in [3.05, 3.63) is 35.7 Å². The van der Waals surface area contributed by atoms with Crippen molar-refractivity contribution < 1.29 is 4.74 Å². The van der Waals surface area contributed by atoms with Crippen molar-refractivity contribution in [2.24, 2.45) is 0 Å². The molecule has 1 nitrogen and oxygen atoms in total. The topological polar surface area (TPSA) is 9.23 Å². The SMILES string of the molecule is [CH2]C(C)c1cc(Cl)cc(OCC)c1. The van der Waals surface area contributed by atoms with Gasteiger partial charge in [-0.15, -0.1) is 0 Å². The van der Waals surface area contributed by atoms with Crippen LogP contribution in [0.1, 0.15) is 25.3 Å². The van der Waals surface area contributed by atoms with Crippen molar-refractivity contribution in [3.8, 4) is 5.75 Å². The summed E-state index contributed by atoms with van der Waals surface area (Å²) in [6, 6.07) is 5.71. The molecule has 2 heteroatoms. The Hall–Kier alpha value is -0.690. The zero-order valence-electron chi connectivity index (χ0n) is 8.01. The molecular weight excluding hydrogens is 184 g/mol. The lowest BCUT2D eigenvalue weighted by atomic mass is 10.0. The van der Waals surface area contributed by atoms with Crippen LogP contribution >= 0.6 is 11.6 Å². The molecule has 0 aliphatic carbocycles. The second-order valence-corrected chi connectivity index (χ2v) is 3.49. The van der Waals surface area contributed by atoms with Gasteiger partial charge in [0.25, 0.3) is 0 Å². The monoisotopic (exact) mass is 197 g/mol. The predicted octanol–water partition coefficient (Wildman–Crippen LogP) is 3.68. The van der Waals surface area contributed by atoms with Crippen LogP contribution in [0.4, 0.5) is 0 Å². The Balaban J connectivity index is 2.96. The first kappa shape index (κ1) is 10.4. The lowest BCUT2D eigenvalue weighted by Crippen LogP contribution is -1.94. The summed E-state index contributed by atoms with van der Waals surface area (Å²) >= 11 is 5.92. The first-order chi connectivity index (χ1) is 6.13. The van der Waals surface area contributed by atoms with E-state index in [1.54, 1.807) is 0 Å². The number of rotatable bonds is 3. The highest BCUT2D eigenvalue weighted by Crippen LogP contribution is 2.25. The molecule has 0 aromatic heterocycles. The third-order valence-electron chi connectivity index (χ3n) is 1.77. The molecule has 1 rings (SSSR count). The zero-order valence-corrected chi connectivity index (χ0v) is 8.77. The summed E-state index contributed by atoms with van der Waals surface area (Å²) in [7, 11) is 0. The van der Waals surface area contributed by atoms with Crippen LogP contribution in [0, 0.1) is 6.92 Å². The molecule has 1 atom stereocenters. The van der Waals surface area contributed by atoms with Crippen LogP contribution in [0.5, 0.6) is 5.75 Å². The third-order valence-corrected chi connectivity index (χ3v) is 1.99. The van der Waals surface area contributed by atoms with E-state index < -0.39 is 0 Å². The highest BCUT2D eigenvalue weighted by Gasteiger charge is 2.03. The molecule has 0 saturated carbocycles. The molecule has 0 saturated heterocycles. The van der Waals surface area contributed by atoms with E-state index in [-0.39, 0.29) is 5.92 Å². The van der Waals surface area contributed by atoms with Crippen molar-refractivity contribution in [1.82, 2.24) is 0 Å². The van der Waals surface area contributed by atoms with E-state index in [0.717, 1.165) is 11.3 Å². The van der Waals surface area contributed by atoms with Crippen LogP contribution in [0.15, 0.2) is 18.2 Å². The standard InChI is InChI=1S/C11H14ClO/c1-4-13-11-6-9(8(2)3)5-10(12)7-11/h5-8H,2,4H2,1,3H3. The maximum atomic E-state index is 5.92. The van der Waals surface area contributed by atoms with E-state index in [0.29, 0.717) is 11.6 Å². The summed E-state index contributed by atoms with van der Waals surface area (Å²) in [6.45, 7) is 8.58. The molecule has 1 aromatic rings. The van der Waals surface area contributed by atoms with Gasteiger partial charge in [0.1, 0.15) is 5.75 Å². The fraction of sp³-hybridized carbons (Fsp3) is 0.364. The van der Waals surface area contributed by atoms with Gasteiger partial charge >= 0.3 is 0 Å². The first-order valence-corrected chi connectivity index (χ1v) is 4.77. The fourth-order valence-corrected chi connectivity index (χ4v) is 1.35. The highest BCUT2D eigenvalue weighted by molar-refractivity contribution is 6.30. The van der Waals surface area contributed by atoms with E-state index in [9.17, 15) is 0 Å². The van der Waals surface area contributed by atoms with Crippen molar-refractivity contribution >= 4 is 11.6 Å². The summed E-state index contributed by atoms with van der Waals surface area (Å²) in [5.74, 6) is 1.05. The van der Waals surface area contributed by atoms with Gasteiger partial charge < -0.3 is 4.74 Å². The van der Waals surface area contributed by atoms with Gasteiger partial charge in [0.2, 0.25) is 0 Å². The third kappa shape index (κ3) is 2.92. The first-order valence-electron chi connectivity index (χ1n) is 4.40. The number of benzene rings is 1. The highest BCUT2D eigenvalue weighted by atomic mass is 35.5. The summed E-state index contributed by atoms with van der Waals surface area (Å²) in [4.78, 5) is 0. The number of ether oxygens (including phenoxy) is 1. The fourth-order valence-electron chi connectivity index (χ4n) is 1.12. The molecule has 1 unspecified atom stereocenters. The maximum absolute atomic E-state index is 5.92. The molecule has 0 aliphatic heterocycles. The summed E-state index contributed by atoms with van der Waals surface area (Å²) < 4.78 is 5.37. The normalized spacial score (nSPS) is 10.5. The molecule has 0 bridgehead atoms. The van der Waals surface area contributed by atoms with Gasteiger partial charge in [-0.25, -0.2) is 0 Å². The second kappa shape index (κ2) is 4.52. The Morgan fingerprint density at radius 2 is 2.15 bits per heavy atom. The molecule has 13 heavy (non-hydrogen) atoms. The Labute approximate surface area is 84.7 Å². The Bertz CT molecular complexity index is 281. The van der Waals surface area contributed by atoms with Gasteiger partial charge in [0, 0.05) is 5.02 Å². The van der Waals surface area contributed by atoms with Gasteiger partial charge in [-0.3, -0.25) is 0 Å². The van der Waals surface area contributed by atoms with Gasteiger partial charge in [-0.05, 0) is 43.5 Å². The average Bonchev–Trinajstić information content (AvgIpc) is 2.03. The van der Waals surface area contributed by atoms with Crippen LogP contribution in [0.2, 0.25) is 5.02 Å². The molecule has 0 aliphatic rings. The van der Waals surface area contributed by atoms with E-state index in [4.69, 9.17) is 16.3 Å². The lowest BCUT2D eigenvalue weighted by Gasteiger charge is -2.09. The van der Waals surface area contributed by atoms with E-state index in [2.05, 4.69) is 6.92 Å². The van der Waals surface area contributed by atoms with Crippen molar-refractivity contribution in [3.63, 3.8) is 0 Å². The Kier molecular flexibility index (Phi) is 3.61. The second-order valence-electron chi connectivity index (χ2n) is 3.05. The largest absolute Gasteiger partial charge is 0.494 e. The van der Waals surface area contributed by atoms with Gasteiger partial charge in [0.05, 0.1) is 6.61 Å². The van der Waals surface area contributed by atoms with Gasteiger partial charge in [0.15, 0.2) is 0 Å². The Morgan fingerprint density at radius 1 is 1.46 bits per heavy atom. The minimum absolute atomic E-state index is 0.234. The molecule has 0 spiro atoms. The van der Waals surface area contributed by atoms with Crippen LogP contribution in [-0.2, 0) is 0 Å². The van der Waals surface area contributed by atoms with Crippen LogP contribution in [0.25, 0.3) is 0 Å². The molecule has 1 aromatic carbocycles. The minimum atomic E-state index is 0.234. The van der Waals surface area contributed by atoms with Crippen molar-refractivity contribution in [2.45, 2.75) is 19.8 Å². The molecule has 71 valence electrons.